The smallest absolute Gasteiger partial charge is 0.329 e. The number of nitrogens with one attached hydrogen (secondary N) is 2. The molecule has 0 bridgehead atoms. The third-order valence-electron chi connectivity index (χ3n) is 3.88. The molecule has 2 rings (SSSR count). The average Bonchev–Trinajstić information content (AvgIpc) is 2.54. The first-order valence-electron chi connectivity index (χ1n) is 8.06. The Morgan fingerprint density at radius 1 is 1.24 bits per heavy atom. The van der Waals surface area contributed by atoms with Gasteiger partial charge in [0.2, 0.25) is 5.91 Å². The Bertz CT molecular complexity index is 897. The maximum absolute atomic E-state index is 12.7. The van der Waals surface area contributed by atoms with Crippen LogP contribution in [0, 0.1) is 5.92 Å². The number of rotatable bonds is 7. The number of carbonyl (C=O) groups excluding carboxylic acids is 1. The molecule has 0 aliphatic heterocycles. The van der Waals surface area contributed by atoms with Gasteiger partial charge < -0.3 is 15.4 Å². The highest BCUT2D eigenvalue weighted by Gasteiger charge is 2.27. The molecule has 0 aliphatic rings. The van der Waals surface area contributed by atoms with Crippen molar-refractivity contribution in [2.75, 3.05) is 6.54 Å². The lowest BCUT2D eigenvalue weighted by Crippen LogP contribution is -2.46. The fourth-order valence-corrected chi connectivity index (χ4v) is 2.70. The Hall–Kier alpha value is -2.90. The maximum Gasteiger partial charge on any atom is 0.329 e. The second kappa shape index (κ2) is 7.78. The number of carboxylic acids is 1. The van der Waals surface area contributed by atoms with Crippen molar-refractivity contribution in [3.05, 3.63) is 45.1 Å². The van der Waals surface area contributed by atoms with Gasteiger partial charge in [-0.05, 0) is 24.5 Å². The van der Waals surface area contributed by atoms with Crippen molar-refractivity contribution in [1.82, 2.24) is 14.9 Å². The minimum absolute atomic E-state index is 0.0663. The quantitative estimate of drug-likeness (QED) is 0.642. The molecule has 1 amide bonds. The molecule has 25 heavy (non-hydrogen) atoms. The van der Waals surface area contributed by atoms with E-state index in [1.165, 1.54) is 0 Å². The molecule has 8 nitrogen and oxygen atoms in total. The standard InChI is InChI=1S/C17H21N3O5/c1-10(2)14(15(23)18-9-5-8-13(21)22)20-16(24)11-6-3-4-7-12(11)19-17(20)25/h3-4,6-7,10,14H,5,8-9H2,1-2H3,(H,18,23)(H,19,25)(H,21,22)/t14-/m0/s1. The molecule has 0 unspecified atom stereocenters. The summed E-state index contributed by atoms with van der Waals surface area (Å²) in [4.78, 5) is 50.7. The van der Waals surface area contributed by atoms with E-state index in [1.807, 2.05) is 0 Å². The zero-order chi connectivity index (χ0) is 18.6. The number of carboxylic acid groups (broad SMARTS) is 1. The van der Waals surface area contributed by atoms with Crippen molar-refractivity contribution in [3.8, 4) is 0 Å². The van der Waals surface area contributed by atoms with E-state index in [-0.39, 0.29) is 25.3 Å². The molecule has 0 radical (unpaired) electrons. The van der Waals surface area contributed by atoms with Crippen LogP contribution in [0.4, 0.5) is 0 Å². The van der Waals surface area contributed by atoms with Crippen molar-refractivity contribution in [3.63, 3.8) is 0 Å². The third kappa shape index (κ3) is 4.14. The summed E-state index contributed by atoms with van der Waals surface area (Å²) in [6.07, 6.45) is 0.206. The first kappa shape index (κ1) is 18.4. The molecule has 0 spiro atoms. The number of H-pyrrole nitrogens is 1. The van der Waals surface area contributed by atoms with Gasteiger partial charge in [-0.25, -0.2) is 9.36 Å². The Morgan fingerprint density at radius 2 is 1.92 bits per heavy atom. The monoisotopic (exact) mass is 347 g/mol. The number of fused-ring (bicyclic) bond motifs is 1. The third-order valence-corrected chi connectivity index (χ3v) is 3.88. The van der Waals surface area contributed by atoms with Crippen LogP contribution in [0.5, 0.6) is 0 Å². The number of aromatic amines is 1. The van der Waals surface area contributed by atoms with Crippen LogP contribution >= 0.6 is 0 Å². The Labute approximate surface area is 143 Å². The molecule has 8 heteroatoms. The Kier molecular flexibility index (Phi) is 5.74. The minimum Gasteiger partial charge on any atom is -0.481 e. The predicted octanol–water partition coefficient (Wildman–Crippen LogP) is 0.868. The molecule has 2 aromatic rings. The highest BCUT2D eigenvalue weighted by molar-refractivity contribution is 5.82. The average molecular weight is 347 g/mol. The van der Waals surface area contributed by atoms with Gasteiger partial charge in [0.05, 0.1) is 10.9 Å². The van der Waals surface area contributed by atoms with Crippen LogP contribution in [0.15, 0.2) is 33.9 Å². The molecule has 1 heterocycles. The minimum atomic E-state index is -0.981. The van der Waals surface area contributed by atoms with Crippen molar-refractivity contribution in [2.24, 2.45) is 5.92 Å². The first-order chi connectivity index (χ1) is 11.8. The van der Waals surface area contributed by atoms with Gasteiger partial charge in [-0.15, -0.1) is 0 Å². The van der Waals surface area contributed by atoms with Crippen LogP contribution in [-0.4, -0.2) is 33.1 Å². The zero-order valence-corrected chi connectivity index (χ0v) is 14.1. The summed E-state index contributed by atoms with van der Waals surface area (Å²) in [6.45, 7) is 3.64. The van der Waals surface area contributed by atoms with E-state index < -0.39 is 29.2 Å². The normalized spacial score (nSPS) is 12.3. The van der Waals surface area contributed by atoms with Crippen LogP contribution in [0.25, 0.3) is 10.9 Å². The topological polar surface area (TPSA) is 121 Å². The van der Waals surface area contributed by atoms with Crippen molar-refractivity contribution in [1.29, 1.82) is 0 Å². The van der Waals surface area contributed by atoms with E-state index in [4.69, 9.17) is 5.11 Å². The van der Waals surface area contributed by atoms with E-state index in [1.54, 1.807) is 38.1 Å². The lowest BCUT2D eigenvalue weighted by molar-refractivity contribution is -0.137. The van der Waals surface area contributed by atoms with Crippen LogP contribution in [-0.2, 0) is 9.59 Å². The lowest BCUT2D eigenvalue weighted by atomic mass is 10.0. The van der Waals surface area contributed by atoms with E-state index >= 15 is 0 Å². The summed E-state index contributed by atoms with van der Waals surface area (Å²) < 4.78 is 0.930. The number of benzene rings is 1. The van der Waals surface area contributed by atoms with Gasteiger partial charge in [-0.3, -0.25) is 14.4 Å². The summed E-state index contributed by atoms with van der Waals surface area (Å²) in [5.41, 5.74) is -0.764. The van der Waals surface area contributed by atoms with Crippen LogP contribution in [0.1, 0.15) is 32.7 Å². The lowest BCUT2D eigenvalue weighted by Gasteiger charge is -2.22. The summed E-state index contributed by atoms with van der Waals surface area (Å²) >= 11 is 0. The molecular formula is C17H21N3O5. The van der Waals surface area contributed by atoms with E-state index in [0.29, 0.717) is 10.9 Å². The van der Waals surface area contributed by atoms with Crippen molar-refractivity contribution >= 4 is 22.8 Å². The second-order valence-electron chi connectivity index (χ2n) is 6.13. The molecule has 0 saturated heterocycles. The summed E-state index contributed by atoms with van der Waals surface area (Å²) in [6, 6.07) is 5.62. The number of aliphatic carboxylic acids is 1. The van der Waals surface area contributed by atoms with E-state index in [0.717, 1.165) is 4.57 Å². The van der Waals surface area contributed by atoms with Gasteiger partial charge in [-0.1, -0.05) is 26.0 Å². The summed E-state index contributed by atoms with van der Waals surface area (Å²) in [5.74, 6) is -1.74. The van der Waals surface area contributed by atoms with Gasteiger partial charge in [0.25, 0.3) is 5.56 Å². The summed E-state index contributed by atoms with van der Waals surface area (Å²) in [7, 11) is 0. The number of amides is 1. The van der Waals surface area contributed by atoms with Gasteiger partial charge >= 0.3 is 11.7 Å². The number of nitrogens with zero attached hydrogens (tertiary/aromatic N) is 1. The zero-order valence-electron chi connectivity index (χ0n) is 14.1. The van der Waals surface area contributed by atoms with Gasteiger partial charge in [0.15, 0.2) is 0 Å². The highest BCUT2D eigenvalue weighted by Crippen LogP contribution is 2.15. The predicted molar refractivity (Wildman–Crippen MR) is 92.6 cm³/mol. The fourth-order valence-electron chi connectivity index (χ4n) is 2.70. The van der Waals surface area contributed by atoms with E-state index in [2.05, 4.69) is 10.3 Å². The molecule has 134 valence electrons. The number of carbonyl (C=O) groups is 2. The molecule has 0 fully saturated rings. The first-order valence-corrected chi connectivity index (χ1v) is 8.06. The van der Waals surface area contributed by atoms with Crippen LogP contribution < -0.4 is 16.6 Å². The van der Waals surface area contributed by atoms with E-state index in [9.17, 15) is 19.2 Å². The molecular weight excluding hydrogens is 326 g/mol. The Morgan fingerprint density at radius 3 is 2.56 bits per heavy atom. The molecule has 1 aromatic carbocycles. The molecule has 3 N–H and O–H groups in total. The van der Waals surface area contributed by atoms with Gasteiger partial charge in [-0.2, -0.15) is 0 Å². The SMILES string of the molecule is CC(C)[C@@H](C(=O)NCCCC(=O)O)n1c(=O)[nH]c2ccccc2c1=O. The molecule has 1 aromatic heterocycles. The maximum atomic E-state index is 12.7. The highest BCUT2D eigenvalue weighted by atomic mass is 16.4. The number of aromatic nitrogens is 2. The molecule has 0 aliphatic carbocycles. The number of hydrogen-bond acceptors (Lipinski definition) is 4. The Balaban J connectivity index is 2.36. The van der Waals surface area contributed by atoms with Crippen LogP contribution in [0.3, 0.4) is 0 Å². The fraction of sp³-hybridized carbons (Fsp3) is 0.412. The molecule has 0 saturated carbocycles. The second-order valence-corrected chi connectivity index (χ2v) is 6.13. The van der Waals surface area contributed by atoms with Gasteiger partial charge in [0, 0.05) is 13.0 Å². The van der Waals surface area contributed by atoms with Crippen LogP contribution in [0.2, 0.25) is 0 Å². The largest absolute Gasteiger partial charge is 0.481 e. The van der Waals surface area contributed by atoms with Gasteiger partial charge in [0.1, 0.15) is 6.04 Å². The summed E-state index contributed by atoms with van der Waals surface area (Å²) in [5, 5.41) is 11.6. The van der Waals surface area contributed by atoms with Crippen molar-refractivity contribution < 1.29 is 14.7 Å². The number of para-hydroxylation sites is 1. The molecule has 1 atom stereocenters. The van der Waals surface area contributed by atoms with Crippen molar-refractivity contribution in [2.45, 2.75) is 32.7 Å². The number of hydrogen-bond donors (Lipinski definition) is 3.